The Labute approximate surface area is 122 Å². The molecule has 4 heteroatoms. The van der Waals surface area contributed by atoms with Crippen molar-refractivity contribution in [2.45, 2.75) is 59.0 Å². The van der Waals surface area contributed by atoms with Crippen molar-refractivity contribution in [2.75, 3.05) is 13.2 Å². The fourth-order valence-corrected chi connectivity index (χ4v) is 2.11. The number of nitrogens with zero attached hydrogens (tertiary/aromatic N) is 1. The van der Waals surface area contributed by atoms with E-state index in [0.29, 0.717) is 19.2 Å². The van der Waals surface area contributed by atoms with Crippen molar-refractivity contribution in [3.63, 3.8) is 0 Å². The second-order valence-corrected chi connectivity index (χ2v) is 5.11. The van der Waals surface area contributed by atoms with Crippen LogP contribution in [-0.4, -0.2) is 23.7 Å². The molecule has 0 saturated carbocycles. The third kappa shape index (κ3) is 5.78. The number of carbonyl (C=O) groups excluding carboxylic acids is 1. The second kappa shape index (κ2) is 9.59. The van der Waals surface area contributed by atoms with E-state index in [1.165, 1.54) is 5.56 Å². The van der Waals surface area contributed by atoms with E-state index in [1.807, 2.05) is 17.0 Å². The Kier molecular flexibility index (Phi) is 8.04. The number of aromatic nitrogens is 1. The van der Waals surface area contributed by atoms with Crippen LogP contribution >= 0.6 is 0 Å². The van der Waals surface area contributed by atoms with Crippen LogP contribution in [0.1, 0.15) is 58.1 Å². The van der Waals surface area contributed by atoms with Gasteiger partial charge in [-0.1, -0.05) is 27.2 Å². The fourth-order valence-electron chi connectivity index (χ4n) is 2.11. The van der Waals surface area contributed by atoms with E-state index in [-0.39, 0.29) is 5.97 Å². The van der Waals surface area contributed by atoms with Gasteiger partial charge < -0.3 is 14.6 Å². The maximum absolute atomic E-state index is 11.6. The molecule has 1 unspecified atom stereocenters. The standard InChI is InChI=1S/C16H28N2O2/c1-4-7-11-20-16(19)13-18-10-8-14(12-18)15(6-3)17-9-5-2/h8,10,12,15,17H,4-7,9,11,13H2,1-3H3. The molecule has 0 aliphatic carbocycles. The molecule has 1 heterocycles. The lowest BCUT2D eigenvalue weighted by Gasteiger charge is -2.15. The van der Waals surface area contributed by atoms with E-state index in [9.17, 15) is 4.79 Å². The van der Waals surface area contributed by atoms with Crippen molar-refractivity contribution < 1.29 is 9.53 Å². The maximum Gasteiger partial charge on any atom is 0.325 e. The van der Waals surface area contributed by atoms with Crippen LogP contribution in [0, 0.1) is 0 Å². The van der Waals surface area contributed by atoms with Crippen LogP contribution in [0.15, 0.2) is 18.5 Å². The minimum atomic E-state index is -0.157. The van der Waals surface area contributed by atoms with Crippen LogP contribution in [-0.2, 0) is 16.1 Å². The average Bonchev–Trinajstić information content (AvgIpc) is 2.88. The van der Waals surface area contributed by atoms with Gasteiger partial charge >= 0.3 is 5.97 Å². The molecular weight excluding hydrogens is 252 g/mol. The lowest BCUT2D eigenvalue weighted by atomic mass is 10.1. The molecule has 114 valence electrons. The summed E-state index contributed by atoms with van der Waals surface area (Å²) >= 11 is 0. The number of carbonyl (C=O) groups is 1. The van der Waals surface area contributed by atoms with Gasteiger partial charge in [0.15, 0.2) is 0 Å². The number of ether oxygens (including phenoxy) is 1. The van der Waals surface area contributed by atoms with Crippen LogP contribution < -0.4 is 5.32 Å². The van der Waals surface area contributed by atoms with Crippen LogP contribution in [0.2, 0.25) is 0 Å². The molecule has 1 N–H and O–H groups in total. The zero-order chi connectivity index (χ0) is 14.8. The molecule has 1 rings (SSSR count). The molecule has 0 aromatic carbocycles. The lowest BCUT2D eigenvalue weighted by Crippen LogP contribution is -2.21. The third-order valence-electron chi connectivity index (χ3n) is 3.30. The minimum Gasteiger partial charge on any atom is -0.464 e. The summed E-state index contributed by atoms with van der Waals surface area (Å²) in [4.78, 5) is 11.6. The molecule has 0 fully saturated rings. The summed E-state index contributed by atoms with van der Waals surface area (Å²) in [6.07, 6.45) is 8.14. The SMILES string of the molecule is CCCCOC(=O)Cn1ccc(C(CC)NCCC)c1. The molecule has 20 heavy (non-hydrogen) atoms. The predicted octanol–water partition coefficient (Wildman–Crippen LogP) is 3.28. The molecule has 0 aliphatic heterocycles. The van der Waals surface area contributed by atoms with Gasteiger partial charge in [-0.15, -0.1) is 0 Å². The number of hydrogen-bond donors (Lipinski definition) is 1. The van der Waals surface area contributed by atoms with Crippen molar-refractivity contribution in [3.05, 3.63) is 24.0 Å². The lowest BCUT2D eigenvalue weighted by molar-refractivity contribution is -0.144. The Bertz CT molecular complexity index is 388. The average molecular weight is 280 g/mol. The van der Waals surface area contributed by atoms with Gasteiger partial charge in [0.1, 0.15) is 6.54 Å². The zero-order valence-electron chi connectivity index (χ0n) is 13.0. The van der Waals surface area contributed by atoms with E-state index in [0.717, 1.165) is 32.2 Å². The highest BCUT2D eigenvalue weighted by Crippen LogP contribution is 2.17. The van der Waals surface area contributed by atoms with Crippen molar-refractivity contribution in [2.24, 2.45) is 0 Å². The van der Waals surface area contributed by atoms with Crippen LogP contribution in [0.3, 0.4) is 0 Å². The third-order valence-corrected chi connectivity index (χ3v) is 3.30. The molecule has 0 aliphatic rings. The van der Waals surface area contributed by atoms with Gasteiger partial charge in [0.2, 0.25) is 0 Å². The first-order valence-electron chi connectivity index (χ1n) is 7.75. The van der Waals surface area contributed by atoms with E-state index in [4.69, 9.17) is 4.74 Å². The molecule has 0 radical (unpaired) electrons. The topological polar surface area (TPSA) is 43.3 Å². The molecule has 0 amide bonds. The van der Waals surface area contributed by atoms with Gasteiger partial charge in [0.25, 0.3) is 0 Å². The Hall–Kier alpha value is -1.29. The highest BCUT2D eigenvalue weighted by molar-refractivity contribution is 5.69. The Morgan fingerprint density at radius 2 is 2.15 bits per heavy atom. The largest absolute Gasteiger partial charge is 0.464 e. The van der Waals surface area contributed by atoms with Crippen molar-refractivity contribution in [1.82, 2.24) is 9.88 Å². The van der Waals surface area contributed by atoms with Gasteiger partial charge in [0, 0.05) is 18.4 Å². The number of rotatable bonds is 10. The van der Waals surface area contributed by atoms with E-state index >= 15 is 0 Å². The number of hydrogen-bond acceptors (Lipinski definition) is 3. The summed E-state index contributed by atoms with van der Waals surface area (Å²) in [7, 11) is 0. The second-order valence-electron chi connectivity index (χ2n) is 5.11. The molecule has 4 nitrogen and oxygen atoms in total. The van der Waals surface area contributed by atoms with Crippen molar-refractivity contribution in [1.29, 1.82) is 0 Å². The molecular formula is C16H28N2O2. The van der Waals surface area contributed by atoms with Crippen LogP contribution in [0.25, 0.3) is 0 Å². The normalized spacial score (nSPS) is 12.3. The monoisotopic (exact) mass is 280 g/mol. The molecule has 1 aromatic heterocycles. The first-order valence-corrected chi connectivity index (χ1v) is 7.75. The van der Waals surface area contributed by atoms with Gasteiger partial charge in [-0.2, -0.15) is 0 Å². The molecule has 0 spiro atoms. The number of unbranched alkanes of at least 4 members (excludes halogenated alkanes) is 1. The predicted molar refractivity (Wildman–Crippen MR) is 81.6 cm³/mol. The van der Waals surface area contributed by atoms with Crippen LogP contribution in [0.5, 0.6) is 0 Å². The molecule has 0 bridgehead atoms. The molecule has 0 saturated heterocycles. The first-order chi connectivity index (χ1) is 9.71. The summed E-state index contributed by atoms with van der Waals surface area (Å²) in [6, 6.07) is 2.45. The maximum atomic E-state index is 11.6. The number of nitrogens with one attached hydrogen (secondary N) is 1. The fraction of sp³-hybridized carbons (Fsp3) is 0.688. The van der Waals surface area contributed by atoms with Gasteiger partial charge in [0.05, 0.1) is 6.61 Å². The molecule has 1 atom stereocenters. The zero-order valence-corrected chi connectivity index (χ0v) is 13.0. The van der Waals surface area contributed by atoms with E-state index in [2.05, 4.69) is 32.2 Å². The quantitative estimate of drug-likeness (QED) is 0.528. The first kappa shape index (κ1) is 16.8. The molecule has 1 aromatic rings. The van der Waals surface area contributed by atoms with Crippen molar-refractivity contribution in [3.8, 4) is 0 Å². The van der Waals surface area contributed by atoms with E-state index in [1.54, 1.807) is 0 Å². The van der Waals surface area contributed by atoms with Gasteiger partial charge in [-0.25, -0.2) is 0 Å². The minimum absolute atomic E-state index is 0.157. The van der Waals surface area contributed by atoms with E-state index < -0.39 is 0 Å². The van der Waals surface area contributed by atoms with Gasteiger partial charge in [-0.3, -0.25) is 4.79 Å². The van der Waals surface area contributed by atoms with Crippen molar-refractivity contribution >= 4 is 5.97 Å². The summed E-state index contributed by atoms with van der Waals surface area (Å²) in [6.45, 7) is 8.26. The Morgan fingerprint density at radius 3 is 2.80 bits per heavy atom. The Morgan fingerprint density at radius 1 is 1.35 bits per heavy atom. The highest BCUT2D eigenvalue weighted by Gasteiger charge is 2.11. The number of esters is 1. The highest BCUT2D eigenvalue weighted by atomic mass is 16.5. The van der Waals surface area contributed by atoms with Crippen LogP contribution in [0.4, 0.5) is 0 Å². The summed E-state index contributed by atoms with van der Waals surface area (Å²) in [5, 5.41) is 3.51. The summed E-state index contributed by atoms with van der Waals surface area (Å²) < 4.78 is 7.07. The Balaban J connectivity index is 2.47. The summed E-state index contributed by atoms with van der Waals surface area (Å²) in [5.41, 5.74) is 1.24. The summed E-state index contributed by atoms with van der Waals surface area (Å²) in [5.74, 6) is -0.157. The smallest absolute Gasteiger partial charge is 0.325 e. The van der Waals surface area contributed by atoms with Gasteiger partial charge in [-0.05, 0) is 37.4 Å².